The van der Waals surface area contributed by atoms with Crippen molar-refractivity contribution < 1.29 is 21.6 Å². The molecule has 22 heavy (non-hydrogen) atoms. The van der Waals surface area contributed by atoms with Gasteiger partial charge in [0.05, 0.1) is 24.1 Å². The Morgan fingerprint density at radius 2 is 1.95 bits per heavy atom. The van der Waals surface area contributed by atoms with E-state index in [0.717, 1.165) is 5.69 Å². The van der Waals surface area contributed by atoms with E-state index in [1.807, 2.05) is 19.0 Å². The van der Waals surface area contributed by atoms with Gasteiger partial charge >= 0.3 is 6.18 Å². The molecule has 1 rings (SSSR count). The van der Waals surface area contributed by atoms with Crippen LogP contribution in [0.3, 0.4) is 0 Å². The molecular formula is C11H18F3N5O2S. The maximum absolute atomic E-state index is 12.0. The van der Waals surface area contributed by atoms with Gasteiger partial charge in [0.1, 0.15) is 0 Å². The van der Waals surface area contributed by atoms with Crippen molar-refractivity contribution in [3.63, 3.8) is 0 Å². The summed E-state index contributed by atoms with van der Waals surface area (Å²) in [7, 11) is -0.287. The molecule has 0 fully saturated rings. The number of anilines is 2. The minimum absolute atomic E-state index is 0.0476. The molecule has 0 aliphatic carbocycles. The average Bonchev–Trinajstić information content (AvgIpc) is 2.41. The number of rotatable bonds is 8. The number of alkyl halides is 3. The molecule has 1 heterocycles. The van der Waals surface area contributed by atoms with Gasteiger partial charge in [-0.05, 0) is 0 Å². The van der Waals surface area contributed by atoms with Crippen molar-refractivity contribution in [2.75, 3.05) is 43.2 Å². The summed E-state index contributed by atoms with van der Waals surface area (Å²) in [4.78, 5) is 1.82. The molecule has 0 unspecified atom stereocenters. The van der Waals surface area contributed by atoms with Crippen LogP contribution in [0.5, 0.6) is 0 Å². The lowest BCUT2D eigenvalue weighted by atomic mass is 10.4. The SMILES string of the molecule is CN(C)c1cnnc(NCCNS(=O)(=O)CCC(F)(F)F)c1. The minimum Gasteiger partial charge on any atom is -0.376 e. The molecule has 0 saturated carbocycles. The smallest absolute Gasteiger partial charge is 0.376 e. The molecule has 2 N–H and O–H groups in total. The van der Waals surface area contributed by atoms with Gasteiger partial charge in [-0.3, -0.25) is 0 Å². The zero-order chi connectivity index (χ0) is 16.8. The predicted molar refractivity (Wildman–Crippen MR) is 77.3 cm³/mol. The number of sulfonamides is 1. The van der Waals surface area contributed by atoms with E-state index < -0.39 is 28.4 Å². The van der Waals surface area contributed by atoms with Crippen LogP contribution in [0, 0.1) is 0 Å². The fraction of sp³-hybridized carbons (Fsp3) is 0.636. The van der Waals surface area contributed by atoms with Gasteiger partial charge in [-0.1, -0.05) is 0 Å². The Bertz CT molecular complexity index is 577. The number of hydrogen-bond donors (Lipinski definition) is 2. The van der Waals surface area contributed by atoms with Crippen molar-refractivity contribution in [3.05, 3.63) is 12.3 Å². The first-order chi connectivity index (χ1) is 10.1. The van der Waals surface area contributed by atoms with Crippen LogP contribution in [0.15, 0.2) is 12.3 Å². The summed E-state index contributed by atoms with van der Waals surface area (Å²) in [5.74, 6) is -0.535. The second-order valence-corrected chi connectivity index (χ2v) is 6.63. The highest BCUT2D eigenvalue weighted by molar-refractivity contribution is 7.89. The lowest BCUT2D eigenvalue weighted by Crippen LogP contribution is -2.32. The molecule has 7 nitrogen and oxygen atoms in total. The Morgan fingerprint density at radius 3 is 2.55 bits per heavy atom. The van der Waals surface area contributed by atoms with Crippen molar-refractivity contribution in [2.45, 2.75) is 12.6 Å². The van der Waals surface area contributed by atoms with Gasteiger partial charge in [0.25, 0.3) is 0 Å². The third-order valence-electron chi connectivity index (χ3n) is 2.56. The summed E-state index contributed by atoms with van der Waals surface area (Å²) in [6.07, 6.45) is -4.30. The fourth-order valence-electron chi connectivity index (χ4n) is 1.41. The molecule has 0 aromatic carbocycles. The predicted octanol–water partition coefficient (Wildman–Crippen LogP) is 0.826. The molecule has 0 atom stereocenters. The van der Waals surface area contributed by atoms with E-state index in [0.29, 0.717) is 5.82 Å². The van der Waals surface area contributed by atoms with Crippen molar-refractivity contribution in [3.8, 4) is 0 Å². The van der Waals surface area contributed by atoms with Crippen molar-refractivity contribution in [1.29, 1.82) is 0 Å². The van der Waals surface area contributed by atoms with Gasteiger partial charge in [0.2, 0.25) is 10.0 Å². The second-order valence-electron chi connectivity index (χ2n) is 4.70. The third kappa shape index (κ3) is 7.41. The molecule has 0 radical (unpaired) electrons. The molecular weight excluding hydrogens is 323 g/mol. The van der Waals surface area contributed by atoms with Gasteiger partial charge < -0.3 is 10.2 Å². The largest absolute Gasteiger partial charge is 0.390 e. The Labute approximate surface area is 127 Å². The second kappa shape index (κ2) is 7.58. The summed E-state index contributed by atoms with van der Waals surface area (Å²) in [6.45, 7) is 0.130. The van der Waals surface area contributed by atoms with E-state index in [1.165, 1.54) is 0 Å². The zero-order valence-electron chi connectivity index (χ0n) is 12.2. The molecule has 0 saturated heterocycles. The minimum atomic E-state index is -4.49. The first kappa shape index (κ1) is 18.4. The highest BCUT2D eigenvalue weighted by atomic mass is 32.2. The number of nitrogens with zero attached hydrogens (tertiary/aromatic N) is 3. The van der Waals surface area contributed by atoms with Gasteiger partial charge in [0, 0.05) is 33.3 Å². The number of aromatic nitrogens is 2. The fourth-order valence-corrected chi connectivity index (χ4v) is 2.46. The molecule has 0 amide bonds. The summed E-state index contributed by atoms with van der Waals surface area (Å²) in [6, 6.07) is 1.71. The van der Waals surface area contributed by atoms with Crippen LogP contribution in [-0.4, -0.2) is 57.7 Å². The monoisotopic (exact) mass is 341 g/mol. The normalized spacial score (nSPS) is 12.2. The number of halogens is 3. The van der Waals surface area contributed by atoms with Gasteiger partial charge in [-0.25, -0.2) is 13.1 Å². The number of hydrogen-bond acceptors (Lipinski definition) is 6. The van der Waals surface area contributed by atoms with Crippen LogP contribution in [0.2, 0.25) is 0 Å². The van der Waals surface area contributed by atoms with E-state index in [-0.39, 0.29) is 13.1 Å². The van der Waals surface area contributed by atoms with E-state index in [4.69, 9.17) is 0 Å². The molecule has 0 bridgehead atoms. The molecule has 1 aromatic rings. The Balaban J connectivity index is 2.37. The van der Waals surface area contributed by atoms with Gasteiger partial charge in [0.15, 0.2) is 5.82 Å². The topological polar surface area (TPSA) is 87.2 Å². The first-order valence-electron chi connectivity index (χ1n) is 6.37. The third-order valence-corrected chi connectivity index (χ3v) is 3.95. The van der Waals surface area contributed by atoms with Crippen LogP contribution in [0.1, 0.15) is 6.42 Å². The molecule has 0 aliphatic heterocycles. The maximum Gasteiger partial charge on any atom is 0.390 e. The van der Waals surface area contributed by atoms with Gasteiger partial charge in [-0.15, -0.1) is 5.10 Å². The molecule has 11 heteroatoms. The summed E-state index contributed by atoms with van der Waals surface area (Å²) in [5.41, 5.74) is 0.809. The lowest BCUT2D eigenvalue weighted by molar-refractivity contribution is -0.129. The highest BCUT2D eigenvalue weighted by Crippen LogP contribution is 2.19. The van der Waals surface area contributed by atoms with Crippen molar-refractivity contribution in [2.24, 2.45) is 0 Å². The van der Waals surface area contributed by atoms with Crippen molar-refractivity contribution in [1.82, 2.24) is 14.9 Å². The van der Waals surface area contributed by atoms with Crippen molar-refractivity contribution >= 4 is 21.5 Å². The van der Waals surface area contributed by atoms with Crippen LogP contribution >= 0.6 is 0 Å². The van der Waals surface area contributed by atoms with Crippen LogP contribution in [-0.2, 0) is 10.0 Å². The molecule has 126 valence electrons. The van der Waals surface area contributed by atoms with E-state index >= 15 is 0 Å². The summed E-state index contributed by atoms with van der Waals surface area (Å²) < 4.78 is 60.7. The van der Waals surface area contributed by atoms with Gasteiger partial charge in [-0.2, -0.15) is 18.3 Å². The van der Waals surface area contributed by atoms with E-state index in [9.17, 15) is 21.6 Å². The van der Waals surface area contributed by atoms with Crippen LogP contribution in [0.4, 0.5) is 24.7 Å². The standard InChI is InChI=1S/C11H18F3N5O2S/c1-19(2)9-7-10(18-16-8-9)15-4-5-17-22(20,21)6-3-11(12,13)14/h7-8,17H,3-6H2,1-2H3,(H,15,18). The average molecular weight is 341 g/mol. The summed E-state index contributed by atoms with van der Waals surface area (Å²) in [5, 5.41) is 10.4. The Hall–Kier alpha value is -1.62. The zero-order valence-corrected chi connectivity index (χ0v) is 13.0. The van der Waals surface area contributed by atoms with Crippen LogP contribution in [0.25, 0.3) is 0 Å². The quantitative estimate of drug-likeness (QED) is 0.681. The Morgan fingerprint density at radius 1 is 1.27 bits per heavy atom. The lowest BCUT2D eigenvalue weighted by Gasteiger charge is -2.13. The summed E-state index contributed by atoms with van der Waals surface area (Å²) >= 11 is 0. The highest BCUT2D eigenvalue weighted by Gasteiger charge is 2.29. The molecule has 0 aliphatic rings. The Kier molecular flexibility index (Phi) is 6.35. The molecule has 1 aromatic heterocycles. The van der Waals surface area contributed by atoms with E-state index in [1.54, 1.807) is 12.3 Å². The number of nitrogens with one attached hydrogen (secondary N) is 2. The van der Waals surface area contributed by atoms with E-state index in [2.05, 4.69) is 20.2 Å². The van der Waals surface area contributed by atoms with Crippen LogP contribution < -0.4 is 14.9 Å². The maximum atomic E-state index is 12.0. The first-order valence-corrected chi connectivity index (χ1v) is 8.02. The molecule has 0 spiro atoms.